The molecule has 0 spiro atoms. The molecule has 3 rings (SSSR count). The summed E-state index contributed by atoms with van der Waals surface area (Å²) in [6.07, 6.45) is -1.73. The molecule has 1 amide bonds. The highest BCUT2D eigenvalue weighted by Crippen LogP contribution is 2.29. The summed E-state index contributed by atoms with van der Waals surface area (Å²) in [5, 5.41) is 6.53. The summed E-state index contributed by atoms with van der Waals surface area (Å²) < 4.78 is 39.0. The summed E-state index contributed by atoms with van der Waals surface area (Å²) >= 11 is 0. The second-order valence-corrected chi connectivity index (χ2v) is 4.77. The average Bonchev–Trinajstić information content (AvgIpc) is 2.86. The molecule has 0 aliphatic carbocycles. The highest BCUT2D eigenvalue weighted by molar-refractivity contribution is 5.86. The SMILES string of the molecule is CC(=O)Nc1nc2ccc(-c3ccc(C(F)(F)F)nc3)cn2n1. The number of carbonyl (C=O) groups is 1. The van der Waals surface area contributed by atoms with E-state index in [0.29, 0.717) is 16.8 Å². The molecule has 0 fully saturated rings. The Morgan fingerprint density at radius 2 is 1.91 bits per heavy atom. The molecule has 0 unspecified atom stereocenters. The van der Waals surface area contributed by atoms with Gasteiger partial charge < -0.3 is 0 Å². The number of nitrogens with one attached hydrogen (secondary N) is 1. The number of amides is 1. The molecule has 9 heteroatoms. The molecule has 3 aromatic heterocycles. The molecule has 1 N–H and O–H groups in total. The number of pyridine rings is 2. The summed E-state index contributed by atoms with van der Waals surface area (Å²) in [5.74, 6) is -0.145. The van der Waals surface area contributed by atoms with Gasteiger partial charge in [0.05, 0.1) is 0 Å². The molecular formula is C14H10F3N5O. The van der Waals surface area contributed by atoms with Crippen molar-refractivity contribution in [1.82, 2.24) is 19.6 Å². The molecule has 0 aliphatic heterocycles. The van der Waals surface area contributed by atoms with E-state index in [4.69, 9.17) is 0 Å². The first-order valence-corrected chi connectivity index (χ1v) is 6.50. The summed E-state index contributed by atoms with van der Waals surface area (Å²) in [4.78, 5) is 18.5. The number of hydrogen-bond acceptors (Lipinski definition) is 4. The molecule has 118 valence electrons. The van der Waals surface area contributed by atoms with E-state index in [1.807, 2.05) is 0 Å². The third-order valence-electron chi connectivity index (χ3n) is 3.01. The molecule has 0 saturated carbocycles. The molecule has 6 nitrogen and oxygen atoms in total. The molecule has 0 aromatic carbocycles. The predicted molar refractivity (Wildman–Crippen MR) is 75.5 cm³/mol. The topological polar surface area (TPSA) is 72.2 Å². The van der Waals surface area contributed by atoms with E-state index in [1.54, 1.807) is 18.3 Å². The van der Waals surface area contributed by atoms with Gasteiger partial charge in [0.25, 0.3) is 0 Å². The standard InChI is InChI=1S/C14H10F3N5O/c1-8(23)19-13-20-12-5-3-10(7-22(12)21-13)9-2-4-11(18-6-9)14(15,16)17/h2-7H,1H3,(H,19,21,23). The molecule has 3 aromatic rings. The van der Waals surface area contributed by atoms with E-state index >= 15 is 0 Å². The zero-order valence-corrected chi connectivity index (χ0v) is 11.8. The lowest BCUT2D eigenvalue weighted by atomic mass is 10.1. The summed E-state index contributed by atoms with van der Waals surface area (Å²) in [7, 11) is 0. The van der Waals surface area contributed by atoms with Crippen LogP contribution in [0.1, 0.15) is 12.6 Å². The fraction of sp³-hybridized carbons (Fsp3) is 0.143. The van der Waals surface area contributed by atoms with Crippen molar-refractivity contribution in [1.29, 1.82) is 0 Å². The minimum atomic E-state index is -4.47. The van der Waals surface area contributed by atoms with E-state index in [2.05, 4.69) is 20.4 Å². The maximum Gasteiger partial charge on any atom is 0.433 e. The molecule has 0 saturated heterocycles. The Balaban J connectivity index is 1.95. The second-order valence-electron chi connectivity index (χ2n) is 4.77. The normalized spacial score (nSPS) is 11.7. The quantitative estimate of drug-likeness (QED) is 0.788. The Hall–Kier alpha value is -2.97. The van der Waals surface area contributed by atoms with Crippen LogP contribution < -0.4 is 5.32 Å². The lowest BCUT2D eigenvalue weighted by Crippen LogP contribution is -2.07. The molecule has 0 bridgehead atoms. The summed E-state index contributed by atoms with van der Waals surface area (Å²) in [6, 6.07) is 5.59. The summed E-state index contributed by atoms with van der Waals surface area (Å²) in [6.45, 7) is 1.34. The minimum Gasteiger partial charge on any atom is -0.293 e. The van der Waals surface area contributed by atoms with E-state index in [0.717, 1.165) is 12.3 Å². The number of halogens is 3. The number of nitrogens with zero attached hydrogens (tertiary/aromatic N) is 4. The number of carbonyl (C=O) groups excluding carboxylic acids is 1. The number of aromatic nitrogens is 4. The fourth-order valence-corrected chi connectivity index (χ4v) is 2.00. The van der Waals surface area contributed by atoms with Crippen LogP contribution in [0.3, 0.4) is 0 Å². The Bertz CT molecular complexity index is 870. The number of hydrogen-bond donors (Lipinski definition) is 1. The predicted octanol–water partition coefficient (Wildman–Crippen LogP) is 2.77. The number of alkyl halides is 3. The Morgan fingerprint density at radius 1 is 1.17 bits per heavy atom. The van der Waals surface area contributed by atoms with E-state index < -0.39 is 11.9 Å². The summed E-state index contributed by atoms with van der Waals surface area (Å²) in [5.41, 5.74) is 0.683. The lowest BCUT2D eigenvalue weighted by molar-refractivity contribution is -0.141. The maximum absolute atomic E-state index is 12.5. The van der Waals surface area contributed by atoms with Crippen molar-refractivity contribution in [2.45, 2.75) is 13.1 Å². The largest absolute Gasteiger partial charge is 0.433 e. The van der Waals surface area contributed by atoms with Gasteiger partial charge in [-0.05, 0) is 18.2 Å². The maximum atomic E-state index is 12.5. The third kappa shape index (κ3) is 3.12. The molecule has 23 heavy (non-hydrogen) atoms. The van der Waals surface area contributed by atoms with Crippen LogP contribution in [0.2, 0.25) is 0 Å². The van der Waals surface area contributed by atoms with Crippen molar-refractivity contribution in [3.63, 3.8) is 0 Å². The lowest BCUT2D eigenvalue weighted by Gasteiger charge is -2.06. The Morgan fingerprint density at radius 3 is 2.52 bits per heavy atom. The highest BCUT2D eigenvalue weighted by atomic mass is 19.4. The van der Waals surface area contributed by atoms with Crippen molar-refractivity contribution in [3.8, 4) is 11.1 Å². The van der Waals surface area contributed by atoms with Crippen molar-refractivity contribution in [2.24, 2.45) is 0 Å². The van der Waals surface area contributed by atoms with Crippen LogP contribution in [0.15, 0.2) is 36.7 Å². The van der Waals surface area contributed by atoms with E-state index in [-0.39, 0.29) is 11.9 Å². The van der Waals surface area contributed by atoms with Gasteiger partial charge in [-0.15, -0.1) is 5.10 Å². The van der Waals surface area contributed by atoms with Crippen LogP contribution in [0.4, 0.5) is 19.1 Å². The smallest absolute Gasteiger partial charge is 0.293 e. The van der Waals surface area contributed by atoms with Crippen LogP contribution in [-0.4, -0.2) is 25.5 Å². The van der Waals surface area contributed by atoms with Gasteiger partial charge >= 0.3 is 6.18 Å². The first-order valence-electron chi connectivity index (χ1n) is 6.50. The second kappa shape index (κ2) is 5.34. The van der Waals surface area contributed by atoms with Gasteiger partial charge in [-0.25, -0.2) is 4.52 Å². The first-order chi connectivity index (χ1) is 10.8. The third-order valence-corrected chi connectivity index (χ3v) is 3.01. The van der Waals surface area contributed by atoms with E-state index in [1.165, 1.54) is 17.5 Å². The minimum absolute atomic E-state index is 0.153. The molecule has 3 heterocycles. The highest BCUT2D eigenvalue weighted by Gasteiger charge is 2.32. The zero-order valence-electron chi connectivity index (χ0n) is 11.8. The number of anilines is 1. The number of fused-ring (bicyclic) bond motifs is 1. The van der Waals surface area contributed by atoms with Crippen LogP contribution in [0.25, 0.3) is 16.8 Å². The van der Waals surface area contributed by atoms with Gasteiger partial charge in [-0.3, -0.25) is 15.1 Å². The van der Waals surface area contributed by atoms with Crippen molar-refractivity contribution < 1.29 is 18.0 Å². The van der Waals surface area contributed by atoms with E-state index in [9.17, 15) is 18.0 Å². The van der Waals surface area contributed by atoms with Gasteiger partial charge in [-0.1, -0.05) is 6.07 Å². The van der Waals surface area contributed by atoms with Crippen molar-refractivity contribution >= 4 is 17.5 Å². The van der Waals surface area contributed by atoms with Gasteiger partial charge in [0.1, 0.15) is 5.69 Å². The monoisotopic (exact) mass is 321 g/mol. The molecular weight excluding hydrogens is 311 g/mol. The molecule has 0 aliphatic rings. The van der Waals surface area contributed by atoms with Crippen LogP contribution in [0, 0.1) is 0 Å². The van der Waals surface area contributed by atoms with Crippen LogP contribution in [-0.2, 0) is 11.0 Å². The fourth-order valence-electron chi connectivity index (χ4n) is 2.00. The zero-order chi connectivity index (χ0) is 16.6. The van der Waals surface area contributed by atoms with Crippen molar-refractivity contribution in [2.75, 3.05) is 5.32 Å². The van der Waals surface area contributed by atoms with Gasteiger partial charge in [0.15, 0.2) is 5.65 Å². The van der Waals surface area contributed by atoms with Gasteiger partial charge in [0, 0.05) is 30.4 Å². The van der Waals surface area contributed by atoms with Gasteiger partial charge in [-0.2, -0.15) is 18.2 Å². The van der Waals surface area contributed by atoms with Gasteiger partial charge in [0.2, 0.25) is 11.9 Å². The number of rotatable bonds is 2. The Kier molecular flexibility index (Phi) is 3.47. The first kappa shape index (κ1) is 14.9. The average molecular weight is 321 g/mol. The van der Waals surface area contributed by atoms with Crippen molar-refractivity contribution in [3.05, 3.63) is 42.4 Å². The van der Waals surface area contributed by atoms with Crippen LogP contribution in [0.5, 0.6) is 0 Å². The van der Waals surface area contributed by atoms with Crippen LogP contribution >= 0.6 is 0 Å². The molecule has 0 radical (unpaired) electrons. The Labute approximate surface area is 128 Å². The molecule has 0 atom stereocenters.